The number of nitrogens with zero attached hydrogens (tertiary/aromatic N) is 4. The molecule has 0 unspecified atom stereocenters. The van der Waals surface area contributed by atoms with E-state index in [2.05, 4.69) is 16.8 Å². The van der Waals surface area contributed by atoms with E-state index in [4.69, 9.17) is 0 Å². The van der Waals surface area contributed by atoms with Crippen LogP contribution in [0.3, 0.4) is 0 Å². The van der Waals surface area contributed by atoms with Crippen molar-refractivity contribution in [2.75, 3.05) is 60.4 Å². The van der Waals surface area contributed by atoms with Crippen molar-refractivity contribution < 1.29 is 9.59 Å². The summed E-state index contributed by atoms with van der Waals surface area (Å²) in [4.78, 5) is 32.5. The molecule has 3 aliphatic heterocycles. The Morgan fingerprint density at radius 1 is 1.18 bits per heavy atom. The highest BCUT2D eigenvalue weighted by Gasteiger charge is 2.47. The van der Waals surface area contributed by atoms with Crippen molar-refractivity contribution in [2.45, 2.75) is 12.8 Å². The van der Waals surface area contributed by atoms with Gasteiger partial charge in [-0.25, -0.2) is 4.79 Å². The van der Waals surface area contributed by atoms with Crippen molar-refractivity contribution in [1.82, 2.24) is 19.6 Å². The van der Waals surface area contributed by atoms with Gasteiger partial charge < -0.3 is 19.6 Å². The van der Waals surface area contributed by atoms with Gasteiger partial charge in [-0.05, 0) is 38.9 Å². The Morgan fingerprint density at radius 2 is 1.86 bits per heavy atom. The SMILES string of the molecule is CN1CCC(CN2C[C@H]3CN(C(=O)N(C)C)C[C@H]3C2=O)CC1. The van der Waals surface area contributed by atoms with Crippen LogP contribution in [0.15, 0.2) is 0 Å². The fourth-order valence-corrected chi connectivity index (χ4v) is 4.10. The Balaban J connectivity index is 1.53. The van der Waals surface area contributed by atoms with Crippen LogP contribution in [0.4, 0.5) is 4.79 Å². The Labute approximate surface area is 133 Å². The molecule has 0 aromatic carbocycles. The molecule has 0 spiro atoms. The number of carbonyl (C=O) groups excluding carboxylic acids is 2. The van der Waals surface area contributed by atoms with Gasteiger partial charge in [-0.15, -0.1) is 0 Å². The van der Waals surface area contributed by atoms with E-state index in [9.17, 15) is 9.59 Å². The molecule has 0 aliphatic carbocycles. The predicted molar refractivity (Wildman–Crippen MR) is 84.4 cm³/mol. The molecule has 2 atom stereocenters. The zero-order valence-corrected chi connectivity index (χ0v) is 14.0. The van der Waals surface area contributed by atoms with Gasteiger partial charge in [0.1, 0.15) is 0 Å². The number of likely N-dealkylation sites (tertiary alicyclic amines) is 3. The Hall–Kier alpha value is -1.30. The van der Waals surface area contributed by atoms with Crippen molar-refractivity contribution in [3.8, 4) is 0 Å². The summed E-state index contributed by atoms with van der Waals surface area (Å²) >= 11 is 0. The van der Waals surface area contributed by atoms with E-state index in [0.717, 1.165) is 32.7 Å². The van der Waals surface area contributed by atoms with Gasteiger partial charge in [-0.1, -0.05) is 0 Å². The minimum atomic E-state index is 0.0315. The summed E-state index contributed by atoms with van der Waals surface area (Å²) in [6.45, 7) is 5.38. The van der Waals surface area contributed by atoms with Crippen LogP contribution >= 0.6 is 0 Å². The lowest BCUT2D eigenvalue weighted by molar-refractivity contribution is -0.131. The smallest absolute Gasteiger partial charge is 0.319 e. The molecule has 6 heteroatoms. The minimum absolute atomic E-state index is 0.0315. The monoisotopic (exact) mass is 308 g/mol. The van der Waals surface area contributed by atoms with E-state index in [-0.39, 0.29) is 17.9 Å². The van der Waals surface area contributed by atoms with Crippen LogP contribution in [0.25, 0.3) is 0 Å². The lowest BCUT2D eigenvalue weighted by Crippen LogP contribution is -2.42. The Kier molecular flexibility index (Phi) is 4.30. The predicted octanol–water partition coefficient (Wildman–Crippen LogP) is 0.400. The maximum absolute atomic E-state index is 12.6. The summed E-state index contributed by atoms with van der Waals surface area (Å²) in [5.74, 6) is 1.30. The zero-order valence-electron chi connectivity index (χ0n) is 14.0. The average Bonchev–Trinajstić information content (AvgIpc) is 3.01. The molecule has 3 amide bonds. The number of rotatable bonds is 2. The first-order valence-corrected chi connectivity index (χ1v) is 8.39. The first-order valence-electron chi connectivity index (χ1n) is 8.39. The van der Waals surface area contributed by atoms with Crippen LogP contribution in [0.5, 0.6) is 0 Å². The molecular formula is C16H28N4O2. The highest BCUT2D eigenvalue weighted by Crippen LogP contribution is 2.33. The molecule has 0 aromatic rings. The van der Waals surface area contributed by atoms with E-state index in [1.807, 2.05) is 4.90 Å². The summed E-state index contributed by atoms with van der Waals surface area (Å²) in [5.41, 5.74) is 0. The van der Waals surface area contributed by atoms with E-state index in [1.165, 1.54) is 12.8 Å². The normalized spacial score (nSPS) is 30.0. The molecule has 3 rings (SSSR count). The van der Waals surface area contributed by atoms with Gasteiger partial charge in [0.25, 0.3) is 0 Å². The molecule has 0 aromatic heterocycles. The zero-order chi connectivity index (χ0) is 15.9. The first-order chi connectivity index (χ1) is 10.5. The molecule has 0 bridgehead atoms. The summed E-state index contributed by atoms with van der Waals surface area (Å²) in [7, 11) is 5.70. The van der Waals surface area contributed by atoms with Crippen LogP contribution in [-0.4, -0.2) is 91.9 Å². The van der Waals surface area contributed by atoms with E-state index in [0.29, 0.717) is 18.4 Å². The second-order valence-electron chi connectivity index (χ2n) is 7.44. The molecule has 6 nitrogen and oxygen atoms in total. The lowest BCUT2D eigenvalue weighted by atomic mass is 9.96. The van der Waals surface area contributed by atoms with Crippen LogP contribution in [-0.2, 0) is 4.79 Å². The maximum atomic E-state index is 12.6. The highest BCUT2D eigenvalue weighted by atomic mass is 16.2. The van der Waals surface area contributed by atoms with Crippen molar-refractivity contribution in [1.29, 1.82) is 0 Å². The van der Waals surface area contributed by atoms with Crippen LogP contribution in [0, 0.1) is 17.8 Å². The van der Waals surface area contributed by atoms with Gasteiger partial charge in [-0.3, -0.25) is 4.79 Å². The van der Waals surface area contributed by atoms with Gasteiger partial charge in [0.05, 0.1) is 5.92 Å². The van der Waals surface area contributed by atoms with E-state index < -0.39 is 0 Å². The number of hydrogen-bond donors (Lipinski definition) is 0. The molecule has 0 saturated carbocycles. The first kappa shape index (κ1) is 15.6. The van der Waals surface area contributed by atoms with Gasteiger partial charge in [0.2, 0.25) is 5.91 Å². The van der Waals surface area contributed by atoms with Crippen LogP contribution in [0.1, 0.15) is 12.8 Å². The summed E-state index contributed by atoms with van der Waals surface area (Å²) in [5, 5.41) is 0. The third kappa shape index (κ3) is 2.93. The number of fused-ring (bicyclic) bond motifs is 1. The quantitative estimate of drug-likeness (QED) is 0.742. The molecule has 3 fully saturated rings. The molecule has 22 heavy (non-hydrogen) atoms. The second kappa shape index (κ2) is 6.07. The average molecular weight is 308 g/mol. The maximum Gasteiger partial charge on any atom is 0.319 e. The third-order valence-corrected chi connectivity index (χ3v) is 5.49. The van der Waals surface area contributed by atoms with Crippen molar-refractivity contribution in [3.05, 3.63) is 0 Å². The number of amides is 3. The molecule has 3 aliphatic rings. The number of piperidine rings is 1. The van der Waals surface area contributed by atoms with Crippen molar-refractivity contribution >= 4 is 11.9 Å². The largest absolute Gasteiger partial charge is 0.342 e. The summed E-state index contributed by atoms with van der Waals surface area (Å²) in [6.07, 6.45) is 2.39. The molecule has 124 valence electrons. The van der Waals surface area contributed by atoms with Crippen molar-refractivity contribution in [2.24, 2.45) is 17.8 Å². The number of carbonyl (C=O) groups is 2. The standard InChI is InChI=1S/C16H28N4O2/c1-17(2)16(22)20-10-13-9-19(15(21)14(13)11-20)8-12-4-6-18(3)7-5-12/h12-14H,4-11H2,1-3H3/t13-,14+/m0/s1. The summed E-state index contributed by atoms with van der Waals surface area (Å²) < 4.78 is 0. The van der Waals surface area contributed by atoms with E-state index in [1.54, 1.807) is 19.0 Å². The molecule has 3 saturated heterocycles. The molecule has 0 radical (unpaired) electrons. The third-order valence-electron chi connectivity index (χ3n) is 5.49. The lowest BCUT2D eigenvalue weighted by Gasteiger charge is -2.32. The van der Waals surface area contributed by atoms with Crippen molar-refractivity contribution in [3.63, 3.8) is 0 Å². The Morgan fingerprint density at radius 3 is 2.45 bits per heavy atom. The van der Waals surface area contributed by atoms with E-state index >= 15 is 0 Å². The van der Waals surface area contributed by atoms with Gasteiger partial charge in [0, 0.05) is 46.2 Å². The fourth-order valence-electron chi connectivity index (χ4n) is 4.10. The van der Waals surface area contributed by atoms with Crippen LogP contribution in [0.2, 0.25) is 0 Å². The molecule has 0 N–H and O–H groups in total. The minimum Gasteiger partial charge on any atom is -0.342 e. The fraction of sp³-hybridized carbons (Fsp3) is 0.875. The van der Waals surface area contributed by atoms with Gasteiger partial charge >= 0.3 is 6.03 Å². The molecular weight excluding hydrogens is 280 g/mol. The van der Waals surface area contributed by atoms with Gasteiger partial charge in [0.15, 0.2) is 0 Å². The highest BCUT2D eigenvalue weighted by molar-refractivity contribution is 5.84. The Bertz CT molecular complexity index is 445. The van der Waals surface area contributed by atoms with Crippen LogP contribution < -0.4 is 0 Å². The number of hydrogen-bond acceptors (Lipinski definition) is 3. The topological polar surface area (TPSA) is 47.1 Å². The second-order valence-corrected chi connectivity index (χ2v) is 7.44. The number of urea groups is 1. The molecule has 3 heterocycles. The van der Waals surface area contributed by atoms with Gasteiger partial charge in [-0.2, -0.15) is 0 Å². The summed E-state index contributed by atoms with van der Waals surface area (Å²) in [6, 6.07) is 0.0315.